The van der Waals surface area contributed by atoms with Gasteiger partial charge in [0.15, 0.2) is 0 Å². The van der Waals surface area contributed by atoms with E-state index < -0.39 is 0 Å². The Morgan fingerprint density at radius 3 is 2.08 bits per heavy atom. The summed E-state index contributed by atoms with van der Waals surface area (Å²) in [6.07, 6.45) is 1.90. The minimum Gasteiger partial charge on any atom is -0.509 e. The van der Waals surface area contributed by atoms with E-state index in [1.807, 2.05) is 16.9 Å². The van der Waals surface area contributed by atoms with Crippen LogP contribution in [0, 0.1) is 39.8 Å². The fourth-order valence-electron chi connectivity index (χ4n) is 7.29. The van der Waals surface area contributed by atoms with Crippen LogP contribution in [0.1, 0.15) is 99.5 Å². The summed E-state index contributed by atoms with van der Waals surface area (Å²) in [7, 11) is 0. The summed E-state index contributed by atoms with van der Waals surface area (Å²) in [5.74, 6) is 2.79. The predicted molar refractivity (Wildman–Crippen MR) is 211 cm³/mol. The fraction of sp³-hybridized carbons (Fsp3) is 0.304. The van der Waals surface area contributed by atoms with Crippen molar-refractivity contribution in [2.45, 2.75) is 93.4 Å². The molecule has 0 saturated heterocycles. The molecule has 0 N–H and O–H groups in total. The smallest absolute Gasteiger partial charge is 0.509 e. The molecule has 0 fully saturated rings. The first-order valence-corrected chi connectivity index (χ1v) is 18.1. The minimum atomic E-state index is 0. The molecule has 0 aliphatic rings. The number of fused-ring (bicyclic) bond motifs is 3. The van der Waals surface area contributed by atoms with Gasteiger partial charge >= 0.3 is 21.1 Å². The molecule has 7 rings (SSSR count). The largest absolute Gasteiger partial charge is 2.00 e. The summed E-state index contributed by atoms with van der Waals surface area (Å²) in [5.41, 5.74) is 13.7. The predicted octanol–water partition coefficient (Wildman–Crippen LogP) is 12.2. The van der Waals surface area contributed by atoms with Crippen molar-refractivity contribution in [3.63, 3.8) is 0 Å². The first-order valence-electron chi connectivity index (χ1n) is 18.1. The number of para-hydroxylation sites is 1. The zero-order valence-electron chi connectivity index (χ0n) is 32.2. The number of pyridine rings is 1. The molecule has 0 aliphatic carbocycles. The molecule has 7 aromatic rings. The average molecular weight is 868 g/mol. The fourth-order valence-corrected chi connectivity index (χ4v) is 7.29. The van der Waals surface area contributed by atoms with Gasteiger partial charge < -0.3 is 9.30 Å². The minimum absolute atomic E-state index is 0. The van der Waals surface area contributed by atoms with Crippen LogP contribution in [0.4, 0.5) is 0 Å². The molecule has 3 aromatic heterocycles. The number of benzene rings is 4. The molecule has 0 spiro atoms. The number of ether oxygens (including phenoxy) is 1. The van der Waals surface area contributed by atoms with Crippen LogP contribution in [0.5, 0.6) is 11.5 Å². The Balaban J connectivity index is 0.00000464. The van der Waals surface area contributed by atoms with Gasteiger partial charge in [0.2, 0.25) is 0 Å². The molecule has 0 amide bonds. The Labute approximate surface area is 323 Å². The summed E-state index contributed by atoms with van der Waals surface area (Å²) in [4.78, 5) is 4.81. The van der Waals surface area contributed by atoms with Crippen LogP contribution < -0.4 is 4.74 Å². The van der Waals surface area contributed by atoms with Crippen LogP contribution in [-0.2, 0) is 26.5 Å². The van der Waals surface area contributed by atoms with E-state index in [4.69, 9.17) is 14.8 Å². The van der Waals surface area contributed by atoms with Crippen LogP contribution >= 0.6 is 0 Å². The molecule has 4 aromatic carbocycles. The third kappa shape index (κ3) is 6.76. The molecule has 5 nitrogen and oxygen atoms in total. The van der Waals surface area contributed by atoms with Crippen molar-refractivity contribution in [1.29, 1.82) is 0 Å². The van der Waals surface area contributed by atoms with Crippen molar-refractivity contribution in [2.75, 3.05) is 0 Å². The Morgan fingerprint density at radius 2 is 1.40 bits per heavy atom. The van der Waals surface area contributed by atoms with Gasteiger partial charge in [-0.2, -0.15) is 11.2 Å². The number of hydrogen-bond donors (Lipinski definition) is 0. The van der Waals surface area contributed by atoms with Gasteiger partial charge in [0.25, 0.3) is 0 Å². The van der Waals surface area contributed by atoms with E-state index in [-0.39, 0.29) is 32.4 Å². The number of aromatic nitrogens is 4. The van der Waals surface area contributed by atoms with E-state index >= 15 is 0 Å². The molecule has 52 heavy (non-hydrogen) atoms. The van der Waals surface area contributed by atoms with E-state index in [1.165, 1.54) is 33.4 Å². The second kappa shape index (κ2) is 14.2. The quantitative estimate of drug-likeness (QED) is 0.150. The van der Waals surface area contributed by atoms with Gasteiger partial charge in [-0.15, -0.1) is 41.3 Å². The SMILES string of the molecule is Cc1cc(C(C)(C)C)cc(C)c1-c1c(C)nn(-c2[c-]c(Oc3[c-]c4c(cc3)c3ccccc3n4-c3cc(C(C)C)ccn3)cc(C(C)C)c2)c1C.[Pt+2]. The molecule has 3 heterocycles. The Kier molecular flexibility index (Phi) is 10.2. The van der Waals surface area contributed by atoms with Crippen LogP contribution in [-0.4, -0.2) is 19.3 Å². The van der Waals surface area contributed by atoms with Crippen molar-refractivity contribution in [3.05, 3.63) is 130 Å². The summed E-state index contributed by atoms with van der Waals surface area (Å²) < 4.78 is 10.9. The number of nitrogens with zero attached hydrogens (tertiary/aromatic N) is 4. The summed E-state index contributed by atoms with van der Waals surface area (Å²) in [5, 5.41) is 7.36. The van der Waals surface area contributed by atoms with Gasteiger partial charge in [-0.25, -0.2) is 4.98 Å². The van der Waals surface area contributed by atoms with Gasteiger partial charge in [0.1, 0.15) is 5.82 Å². The Bertz CT molecular complexity index is 2420. The summed E-state index contributed by atoms with van der Waals surface area (Å²) in [6.45, 7) is 24.3. The molecule has 0 saturated carbocycles. The zero-order valence-corrected chi connectivity index (χ0v) is 34.4. The maximum Gasteiger partial charge on any atom is 2.00 e. The second-order valence-corrected chi connectivity index (χ2v) is 15.7. The Morgan fingerprint density at radius 1 is 0.712 bits per heavy atom. The molecule has 0 bridgehead atoms. The molecular formula is C46H48N4OPt. The first-order chi connectivity index (χ1) is 24.2. The molecule has 268 valence electrons. The molecule has 0 radical (unpaired) electrons. The van der Waals surface area contributed by atoms with Crippen molar-refractivity contribution in [3.8, 4) is 34.1 Å². The van der Waals surface area contributed by atoms with Crippen LogP contribution in [0.3, 0.4) is 0 Å². The van der Waals surface area contributed by atoms with Gasteiger partial charge in [-0.1, -0.05) is 84.3 Å². The second-order valence-electron chi connectivity index (χ2n) is 15.7. The third-order valence-electron chi connectivity index (χ3n) is 10.1. The van der Waals surface area contributed by atoms with Crippen molar-refractivity contribution >= 4 is 21.8 Å². The van der Waals surface area contributed by atoms with E-state index in [2.05, 4.69) is 160 Å². The topological polar surface area (TPSA) is 44.9 Å². The van der Waals surface area contributed by atoms with Crippen molar-refractivity contribution in [1.82, 2.24) is 19.3 Å². The third-order valence-corrected chi connectivity index (χ3v) is 10.1. The van der Waals surface area contributed by atoms with E-state index in [1.54, 1.807) is 0 Å². The summed E-state index contributed by atoms with van der Waals surface area (Å²) >= 11 is 0. The summed E-state index contributed by atoms with van der Waals surface area (Å²) in [6, 6.07) is 33.0. The van der Waals surface area contributed by atoms with Crippen molar-refractivity contribution < 1.29 is 25.8 Å². The van der Waals surface area contributed by atoms with E-state index in [9.17, 15) is 0 Å². The monoisotopic (exact) mass is 867 g/mol. The van der Waals surface area contributed by atoms with E-state index in [0.29, 0.717) is 17.4 Å². The van der Waals surface area contributed by atoms with Crippen molar-refractivity contribution in [2.24, 2.45) is 0 Å². The molecule has 6 heteroatoms. The van der Waals surface area contributed by atoms with Crippen LogP contribution in [0.15, 0.2) is 79.0 Å². The van der Waals surface area contributed by atoms with Gasteiger partial charge in [0, 0.05) is 34.5 Å². The van der Waals surface area contributed by atoms with Gasteiger partial charge in [-0.05, 0) is 102 Å². The molecule has 0 aliphatic heterocycles. The molecular weight excluding hydrogens is 820 g/mol. The van der Waals surface area contributed by atoms with Gasteiger partial charge in [-0.3, -0.25) is 4.68 Å². The number of rotatable bonds is 7. The zero-order chi connectivity index (χ0) is 36.4. The Hall–Kier alpha value is -4.47. The van der Waals surface area contributed by atoms with Gasteiger partial charge in [0.05, 0.1) is 5.69 Å². The number of aryl methyl sites for hydroxylation is 3. The molecule has 0 unspecified atom stereocenters. The van der Waals surface area contributed by atoms with E-state index in [0.717, 1.165) is 50.3 Å². The molecule has 0 atom stereocenters. The first kappa shape index (κ1) is 37.3. The average Bonchev–Trinajstić information content (AvgIpc) is 3.56. The van der Waals surface area contributed by atoms with Crippen LogP contribution in [0.2, 0.25) is 0 Å². The number of hydrogen-bond acceptors (Lipinski definition) is 3. The standard InChI is InChI=1S/C46H48N4O.Pt/c1-27(2)33-18-19-47-43(24-33)49-41-15-13-12-14-39(41)40-17-16-37(26-42(40)49)51-38-23-34(28(3)4)22-36(25-38)50-32(8)45(31(7)48-50)44-29(5)20-35(21-30(44)6)46(9,10)11;/h12-24,27-28H,1-11H3;/q-2;+2. The normalized spacial score (nSPS) is 11.9. The maximum atomic E-state index is 6.65. The maximum absolute atomic E-state index is 6.65. The van der Waals surface area contributed by atoms with Crippen LogP contribution in [0.25, 0.3) is 44.4 Å².